The highest BCUT2D eigenvalue weighted by atomic mass is 16.4. The molecule has 1 aliphatic rings. The van der Waals surface area contributed by atoms with Gasteiger partial charge in [-0.1, -0.05) is 13.3 Å². The van der Waals surface area contributed by atoms with Crippen LogP contribution in [0.1, 0.15) is 39.5 Å². The lowest BCUT2D eigenvalue weighted by Gasteiger charge is -2.18. The molecule has 1 saturated carbocycles. The van der Waals surface area contributed by atoms with E-state index in [0.29, 0.717) is 0 Å². The van der Waals surface area contributed by atoms with Crippen LogP contribution in [0.4, 0.5) is 0 Å². The zero-order valence-electron chi connectivity index (χ0n) is 7.76. The van der Waals surface area contributed by atoms with E-state index < -0.39 is 5.97 Å². The van der Waals surface area contributed by atoms with Gasteiger partial charge in [-0.3, -0.25) is 10.1 Å². The van der Waals surface area contributed by atoms with Crippen LogP contribution in [0.2, 0.25) is 0 Å². The lowest BCUT2D eigenvalue weighted by atomic mass is 10.1. The predicted molar refractivity (Wildman–Crippen MR) is 47.1 cm³/mol. The van der Waals surface area contributed by atoms with Gasteiger partial charge in [-0.25, -0.2) is 0 Å². The fourth-order valence-electron chi connectivity index (χ4n) is 1.30. The summed E-state index contributed by atoms with van der Waals surface area (Å²) in [5, 5.41) is 12.0. The smallest absolute Gasteiger partial charge is 0.320 e. The molecule has 12 heavy (non-hydrogen) atoms. The summed E-state index contributed by atoms with van der Waals surface area (Å²) in [7, 11) is 0. The lowest BCUT2D eigenvalue weighted by Crippen LogP contribution is -2.43. The van der Waals surface area contributed by atoms with Crippen molar-refractivity contribution >= 4 is 5.97 Å². The van der Waals surface area contributed by atoms with Gasteiger partial charge in [-0.2, -0.15) is 0 Å². The highest BCUT2D eigenvalue weighted by Crippen LogP contribution is 2.35. The number of hydrogen-bond donors (Lipinski definition) is 2. The molecule has 1 unspecified atom stereocenters. The molecule has 0 heterocycles. The average Bonchev–Trinajstić information content (AvgIpc) is 2.67. The molecule has 0 saturated heterocycles. The Labute approximate surface area is 73.2 Å². The second-order valence-electron chi connectivity index (χ2n) is 3.88. The minimum atomic E-state index is -0.718. The van der Waals surface area contributed by atoms with Crippen LogP contribution in [-0.4, -0.2) is 22.7 Å². The summed E-state index contributed by atoms with van der Waals surface area (Å²) in [6.07, 6.45) is 3.87. The molecule has 0 bridgehead atoms. The molecule has 70 valence electrons. The predicted octanol–water partition coefficient (Wildman–Crippen LogP) is 1.38. The van der Waals surface area contributed by atoms with Crippen molar-refractivity contribution < 1.29 is 9.90 Å². The first-order valence-electron chi connectivity index (χ1n) is 4.58. The Morgan fingerprint density at radius 2 is 2.25 bits per heavy atom. The van der Waals surface area contributed by atoms with E-state index in [0.717, 1.165) is 25.7 Å². The van der Waals surface area contributed by atoms with Crippen molar-refractivity contribution in [2.75, 3.05) is 0 Å². The number of carboxylic acid groups (broad SMARTS) is 1. The molecule has 1 atom stereocenters. The molecule has 0 aliphatic heterocycles. The Morgan fingerprint density at radius 1 is 1.67 bits per heavy atom. The molecule has 1 rings (SSSR count). The van der Waals surface area contributed by atoms with E-state index in [1.165, 1.54) is 0 Å². The van der Waals surface area contributed by atoms with Crippen molar-refractivity contribution in [1.29, 1.82) is 0 Å². The number of nitrogens with one attached hydrogen (secondary N) is 1. The Bertz CT molecular complexity index is 175. The maximum Gasteiger partial charge on any atom is 0.320 e. The monoisotopic (exact) mass is 171 g/mol. The van der Waals surface area contributed by atoms with Gasteiger partial charge in [0.25, 0.3) is 0 Å². The van der Waals surface area contributed by atoms with Gasteiger partial charge in [-0.05, 0) is 26.2 Å². The van der Waals surface area contributed by atoms with Gasteiger partial charge in [0.15, 0.2) is 0 Å². The van der Waals surface area contributed by atoms with Crippen molar-refractivity contribution in [2.24, 2.45) is 0 Å². The van der Waals surface area contributed by atoms with E-state index in [-0.39, 0.29) is 11.6 Å². The molecule has 3 heteroatoms. The molecule has 1 fully saturated rings. The lowest BCUT2D eigenvalue weighted by molar-refractivity contribution is -0.140. The Hall–Kier alpha value is -0.570. The molecular weight excluding hydrogens is 154 g/mol. The van der Waals surface area contributed by atoms with Crippen LogP contribution in [0.3, 0.4) is 0 Å². The van der Waals surface area contributed by atoms with E-state index in [1.54, 1.807) is 0 Å². The molecule has 0 aromatic rings. The summed E-state index contributed by atoms with van der Waals surface area (Å²) in [6, 6.07) is -0.345. The molecule has 2 N–H and O–H groups in total. The van der Waals surface area contributed by atoms with Crippen LogP contribution >= 0.6 is 0 Å². The molecule has 0 aromatic carbocycles. The summed E-state index contributed by atoms with van der Waals surface area (Å²) in [5.74, 6) is -0.718. The third-order valence-electron chi connectivity index (χ3n) is 2.40. The molecule has 3 nitrogen and oxygen atoms in total. The summed E-state index contributed by atoms with van der Waals surface area (Å²) in [5.41, 5.74) is 0.123. The highest BCUT2D eigenvalue weighted by Gasteiger charge is 2.39. The topological polar surface area (TPSA) is 49.3 Å². The van der Waals surface area contributed by atoms with Crippen molar-refractivity contribution in [3.05, 3.63) is 0 Å². The van der Waals surface area contributed by atoms with Gasteiger partial charge < -0.3 is 5.11 Å². The van der Waals surface area contributed by atoms with Crippen molar-refractivity contribution in [1.82, 2.24) is 5.32 Å². The Morgan fingerprint density at radius 3 is 2.58 bits per heavy atom. The second-order valence-corrected chi connectivity index (χ2v) is 3.88. The first-order chi connectivity index (χ1) is 5.57. The standard InChI is InChI=1S/C9H17NO2/c1-3-4-7(8(11)12)10-9(2)5-6-9/h7,10H,3-6H2,1-2H3,(H,11,12). The maximum atomic E-state index is 10.7. The van der Waals surface area contributed by atoms with Gasteiger partial charge in [0, 0.05) is 5.54 Å². The zero-order valence-corrected chi connectivity index (χ0v) is 7.76. The summed E-state index contributed by atoms with van der Waals surface area (Å²) in [6.45, 7) is 4.09. The number of carboxylic acids is 1. The summed E-state index contributed by atoms with van der Waals surface area (Å²) in [4.78, 5) is 10.7. The minimum Gasteiger partial charge on any atom is -0.480 e. The SMILES string of the molecule is CCCC(NC1(C)CC1)C(=O)O. The Kier molecular flexibility index (Phi) is 2.73. The van der Waals surface area contributed by atoms with Crippen molar-refractivity contribution in [2.45, 2.75) is 51.1 Å². The molecular formula is C9H17NO2. The number of aliphatic carboxylic acids is 1. The van der Waals surface area contributed by atoms with Crippen LogP contribution in [0, 0.1) is 0 Å². The third-order valence-corrected chi connectivity index (χ3v) is 2.40. The quantitative estimate of drug-likeness (QED) is 0.657. The first kappa shape index (κ1) is 9.52. The zero-order chi connectivity index (χ0) is 9.19. The third kappa shape index (κ3) is 2.48. The van der Waals surface area contributed by atoms with Gasteiger partial charge in [0.2, 0.25) is 0 Å². The molecule has 0 radical (unpaired) electrons. The summed E-state index contributed by atoms with van der Waals surface area (Å²) >= 11 is 0. The molecule has 1 aliphatic carbocycles. The normalized spacial score (nSPS) is 21.8. The van der Waals surface area contributed by atoms with Gasteiger partial charge in [0.1, 0.15) is 6.04 Å². The fourth-order valence-corrected chi connectivity index (χ4v) is 1.30. The molecule has 0 aromatic heterocycles. The maximum absolute atomic E-state index is 10.7. The second kappa shape index (κ2) is 3.44. The fraction of sp³-hybridized carbons (Fsp3) is 0.889. The van der Waals surface area contributed by atoms with Crippen molar-refractivity contribution in [3.8, 4) is 0 Å². The van der Waals surface area contributed by atoms with Crippen LogP contribution in [0.15, 0.2) is 0 Å². The van der Waals surface area contributed by atoms with Crippen LogP contribution < -0.4 is 5.32 Å². The van der Waals surface area contributed by atoms with E-state index in [1.807, 2.05) is 6.92 Å². The average molecular weight is 171 g/mol. The van der Waals surface area contributed by atoms with Gasteiger partial charge >= 0.3 is 5.97 Å². The number of rotatable bonds is 5. The van der Waals surface area contributed by atoms with Crippen LogP contribution in [-0.2, 0) is 4.79 Å². The van der Waals surface area contributed by atoms with Crippen LogP contribution in [0.5, 0.6) is 0 Å². The number of hydrogen-bond acceptors (Lipinski definition) is 2. The molecule has 0 amide bonds. The largest absolute Gasteiger partial charge is 0.480 e. The van der Waals surface area contributed by atoms with E-state index in [2.05, 4.69) is 12.2 Å². The molecule has 0 spiro atoms. The van der Waals surface area contributed by atoms with E-state index in [4.69, 9.17) is 5.11 Å². The Balaban J connectivity index is 2.37. The highest BCUT2D eigenvalue weighted by molar-refractivity contribution is 5.73. The van der Waals surface area contributed by atoms with Gasteiger partial charge in [0.05, 0.1) is 0 Å². The van der Waals surface area contributed by atoms with E-state index in [9.17, 15) is 4.79 Å². The number of carbonyl (C=O) groups is 1. The van der Waals surface area contributed by atoms with Crippen molar-refractivity contribution in [3.63, 3.8) is 0 Å². The van der Waals surface area contributed by atoms with E-state index >= 15 is 0 Å². The minimum absolute atomic E-state index is 0.123. The van der Waals surface area contributed by atoms with Gasteiger partial charge in [-0.15, -0.1) is 0 Å². The van der Waals surface area contributed by atoms with Crippen LogP contribution in [0.25, 0.3) is 0 Å². The summed E-state index contributed by atoms with van der Waals surface area (Å²) < 4.78 is 0. The first-order valence-corrected chi connectivity index (χ1v) is 4.58.